The highest BCUT2D eigenvalue weighted by atomic mass is 16.4. The molecule has 2 aromatic rings. The van der Waals surface area contributed by atoms with Crippen LogP contribution in [0.2, 0.25) is 0 Å². The molecule has 2 N–H and O–H groups in total. The lowest BCUT2D eigenvalue weighted by Gasteiger charge is -2.23. The topological polar surface area (TPSA) is 75.1 Å². The van der Waals surface area contributed by atoms with E-state index in [0.29, 0.717) is 22.9 Å². The molecule has 2 aliphatic rings. The fourth-order valence-corrected chi connectivity index (χ4v) is 4.20. The summed E-state index contributed by atoms with van der Waals surface area (Å²) in [7, 11) is 0. The van der Waals surface area contributed by atoms with Crippen molar-refractivity contribution in [3.63, 3.8) is 0 Å². The highest BCUT2D eigenvalue weighted by molar-refractivity contribution is 6.01. The Morgan fingerprint density at radius 2 is 2.15 bits per heavy atom. The molecule has 20 heavy (non-hydrogen) atoms. The maximum atomic E-state index is 12.3. The molecule has 0 radical (unpaired) electrons. The third kappa shape index (κ3) is 1.49. The standard InChI is InChI=1S/C15H16N2O3/c18-14(19)10-2-1-3-11-13(10)17(15(20)16-11)12-7-8-4-5-9(12)6-8/h1-3,8-9,12H,4-7H2,(H,16,20)(H,18,19). The monoisotopic (exact) mass is 272 g/mol. The Bertz CT molecular complexity index is 758. The molecular weight excluding hydrogens is 256 g/mol. The van der Waals surface area contributed by atoms with Crippen LogP contribution in [0.5, 0.6) is 0 Å². The number of benzene rings is 1. The average Bonchev–Trinajstić information content (AvgIpc) is 3.09. The second-order valence-corrected chi connectivity index (χ2v) is 6.05. The van der Waals surface area contributed by atoms with Gasteiger partial charge in [0.25, 0.3) is 0 Å². The van der Waals surface area contributed by atoms with Crippen LogP contribution in [0.1, 0.15) is 42.1 Å². The minimum atomic E-state index is -0.980. The lowest BCUT2D eigenvalue weighted by molar-refractivity contribution is 0.0698. The second kappa shape index (κ2) is 3.98. The summed E-state index contributed by atoms with van der Waals surface area (Å²) in [5.41, 5.74) is 1.22. The molecule has 2 bridgehead atoms. The van der Waals surface area contributed by atoms with Gasteiger partial charge >= 0.3 is 11.7 Å². The molecule has 0 aliphatic heterocycles. The van der Waals surface area contributed by atoms with Gasteiger partial charge in [0.05, 0.1) is 16.6 Å². The van der Waals surface area contributed by atoms with Gasteiger partial charge in [-0.2, -0.15) is 0 Å². The lowest BCUT2D eigenvalue weighted by atomic mass is 9.95. The Morgan fingerprint density at radius 1 is 1.30 bits per heavy atom. The number of nitrogens with one attached hydrogen (secondary N) is 1. The van der Waals surface area contributed by atoms with E-state index in [2.05, 4.69) is 4.98 Å². The van der Waals surface area contributed by atoms with E-state index in [0.717, 1.165) is 12.8 Å². The highest BCUT2D eigenvalue weighted by Crippen LogP contribution is 2.50. The number of aromatic nitrogens is 2. The van der Waals surface area contributed by atoms with Gasteiger partial charge in [-0.3, -0.25) is 4.57 Å². The first-order valence-corrected chi connectivity index (χ1v) is 7.11. The number of carboxylic acids is 1. The first-order chi connectivity index (χ1) is 9.65. The lowest BCUT2D eigenvalue weighted by Crippen LogP contribution is -2.26. The van der Waals surface area contributed by atoms with E-state index in [4.69, 9.17) is 0 Å². The molecular formula is C15H16N2O3. The van der Waals surface area contributed by atoms with Crippen molar-refractivity contribution in [2.45, 2.75) is 31.7 Å². The largest absolute Gasteiger partial charge is 0.478 e. The Morgan fingerprint density at radius 3 is 2.80 bits per heavy atom. The van der Waals surface area contributed by atoms with Gasteiger partial charge in [0.1, 0.15) is 0 Å². The first-order valence-electron chi connectivity index (χ1n) is 7.11. The van der Waals surface area contributed by atoms with Gasteiger partial charge in [-0.15, -0.1) is 0 Å². The van der Waals surface area contributed by atoms with E-state index in [1.807, 2.05) is 0 Å². The van der Waals surface area contributed by atoms with Crippen molar-refractivity contribution in [3.05, 3.63) is 34.2 Å². The van der Waals surface area contributed by atoms with Gasteiger partial charge in [0.15, 0.2) is 0 Å². The van der Waals surface area contributed by atoms with Crippen molar-refractivity contribution in [3.8, 4) is 0 Å². The Hall–Kier alpha value is -2.04. The van der Waals surface area contributed by atoms with Crippen molar-refractivity contribution in [1.29, 1.82) is 0 Å². The third-order valence-electron chi connectivity index (χ3n) is 5.00. The van der Waals surface area contributed by atoms with Crippen LogP contribution in [-0.4, -0.2) is 20.6 Å². The SMILES string of the molecule is O=C(O)c1cccc2[nH]c(=O)n(C3CC4CCC3C4)c12. The quantitative estimate of drug-likeness (QED) is 0.881. The molecule has 104 valence electrons. The normalized spacial score (nSPS) is 28.3. The number of carbonyl (C=O) groups is 1. The highest BCUT2D eigenvalue weighted by Gasteiger charge is 2.41. The van der Waals surface area contributed by atoms with E-state index in [1.54, 1.807) is 22.8 Å². The van der Waals surface area contributed by atoms with Gasteiger partial charge in [-0.05, 0) is 43.2 Å². The number of H-pyrrole nitrogens is 1. The van der Waals surface area contributed by atoms with Crippen molar-refractivity contribution < 1.29 is 9.90 Å². The zero-order valence-corrected chi connectivity index (χ0v) is 11.0. The molecule has 2 saturated carbocycles. The number of rotatable bonds is 2. The summed E-state index contributed by atoms with van der Waals surface area (Å²) in [4.78, 5) is 26.5. The van der Waals surface area contributed by atoms with Crippen LogP contribution in [0.25, 0.3) is 11.0 Å². The third-order valence-corrected chi connectivity index (χ3v) is 5.00. The van der Waals surface area contributed by atoms with Gasteiger partial charge in [-0.25, -0.2) is 9.59 Å². The summed E-state index contributed by atoms with van der Waals surface area (Å²) in [6.07, 6.45) is 4.60. The van der Waals surface area contributed by atoms with Crippen LogP contribution in [0.15, 0.2) is 23.0 Å². The second-order valence-electron chi connectivity index (χ2n) is 6.05. The van der Waals surface area contributed by atoms with Gasteiger partial charge in [-0.1, -0.05) is 12.5 Å². The predicted molar refractivity (Wildman–Crippen MR) is 74.0 cm³/mol. The summed E-state index contributed by atoms with van der Waals surface area (Å²) in [6, 6.07) is 5.18. The van der Waals surface area contributed by atoms with E-state index >= 15 is 0 Å². The Balaban J connectivity index is 1.97. The molecule has 2 aliphatic carbocycles. The summed E-state index contributed by atoms with van der Waals surface area (Å²) in [5, 5.41) is 9.36. The fourth-order valence-electron chi connectivity index (χ4n) is 4.20. The number of nitrogens with zero attached hydrogens (tertiary/aromatic N) is 1. The number of hydrogen-bond donors (Lipinski definition) is 2. The van der Waals surface area contributed by atoms with Crippen molar-refractivity contribution in [2.24, 2.45) is 11.8 Å². The number of para-hydroxylation sites is 1. The Kier molecular flexibility index (Phi) is 2.34. The molecule has 2 fully saturated rings. The molecule has 3 atom stereocenters. The van der Waals surface area contributed by atoms with Gasteiger partial charge in [0.2, 0.25) is 0 Å². The van der Waals surface area contributed by atoms with E-state index in [-0.39, 0.29) is 17.3 Å². The van der Waals surface area contributed by atoms with E-state index in [9.17, 15) is 14.7 Å². The summed E-state index contributed by atoms with van der Waals surface area (Å²) in [6.45, 7) is 0. The number of aromatic carboxylic acids is 1. The van der Waals surface area contributed by atoms with Crippen molar-refractivity contribution >= 4 is 17.0 Å². The molecule has 0 saturated heterocycles. The Labute approximate surface area is 115 Å². The average molecular weight is 272 g/mol. The van der Waals surface area contributed by atoms with Crippen LogP contribution in [0, 0.1) is 11.8 Å². The molecule has 5 heteroatoms. The fraction of sp³-hybridized carbons (Fsp3) is 0.467. The minimum absolute atomic E-state index is 0.162. The number of carboxylic acid groups (broad SMARTS) is 1. The van der Waals surface area contributed by atoms with E-state index < -0.39 is 5.97 Å². The maximum absolute atomic E-state index is 12.3. The molecule has 1 aromatic carbocycles. The smallest absolute Gasteiger partial charge is 0.337 e. The molecule has 0 amide bonds. The van der Waals surface area contributed by atoms with Gasteiger partial charge in [0, 0.05) is 6.04 Å². The zero-order valence-electron chi connectivity index (χ0n) is 11.0. The predicted octanol–water partition coefficient (Wildman–Crippen LogP) is 2.39. The number of hydrogen-bond acceptors (Lipinski definition) is 2. The zero-order chi connectivity index (χ0) is 13.9. The molecule has 0 spiro atoms. The van der Waals surface area contributed by atoms with Crippen LogP contribution < -0.4 is 5.69 Å². The number of aromatic amines is 1. The minimum Gasteiger partial charge on any atom is -0.478 e. The molecule has 3 unspecified atom stereocenters. The number of fused-ring (bicyclic) bond motifs is 3. The van der Waals surface area contributed by atoms with Crippen molar-refractivity contribution in [1.82, 2.24) is 9.55 Å². The molecule has 1 heterocycles. The van der Waals surface area contributed by atoms with E-state index in [1.165, 1.54) is 12.8 Å². The van der Waals surface area contributed by atoms with Crippen LogP contribution in [0.3, 0.4) is 0 Å². The molecule has 1 aromatic heterocycles. The van der Waals surface area contributed by atoms with Gasteiger partial charge < -0.3 is 10.1 Å². The first kappa shape index (κ1) is 11.8. The van der Waals surface area contributed by atoms with Crippen LogP contribution in [0.4, 0.5) is 0 Å². The summed E-state index contributed by atoms with van der Waals surface area (Å²) >= 11 is 0. The number of imidazole rings is 1. The summed E-state index contributed by atoms with van der Waals surface area (Å²) in [5.74, 6) is 0.254. The molecule has 4 rings (SSSR count). The van der Waals surface area contributed by atoms with Crippen LogP contribution >= 0.6 is 0 Å². The van der Waals surface area contributed by atoms with Crippen molar-refractivity contribution in [2.75, 3.05) is 0 Å². The maximum Gasteiger partial charge on any atom is 0.337 e. The summed E-state index contributed by atoms with van der Waals surface area (Å²) < 4.78 is 1.71. The molecule has 5 nitrogen and oxygen atoms in total. The van der Waals surface area contributed by atoms with Crippen LogP contribution in [-0.2, 0) is 0 Å².